The molecule has 3 nitrogen and oxygen atoms in total. The Bertz CT molecular complexity index is 564. The monoisotopic (exact) mass is 284 g/mol. The zero-order chi connectivity index (χ0) is 15.2. The molecule has 112 valence electrons. The van der Waals surface area contributed by atoms with Gasteiger partial charge in [-0.05, 0) is 49.6 Å². The van der Waals surface area contributed by atoms with Gasteiger partial charge in [-0.25, -0.2) is 0 Å². The molecule has 0 heterocycles. The Balaban J connectivity index is 1.93. The molecular formula is C18H24N2O. The van der Waals surface area contributed by atoms with E-state index >= 15 is 0 Å². The van der Waals surface area contributed by atoms with Crippen LogP contribution >= 0.6 is 0 Å². The van der Waals surface area contributed by atoms with E-state index in [9.17, 15) is 5.11 Å². The minimum absolute atomic E-state index is 0.324. The highest BCUT2D eigenvalue weighted by Gasteiger charge is 2.07. The Hall–Kier alpha value is -2.16. The third kappa shape index (κ3) is 4.42. The molecule has 0 aliphatic carbocycles. The van der Waals surface area contributed by atoms with Crippen molar-refractivity contribution in [3.05, 3.63) is 54.1 Å². The van der Waals surface area contributed by atoms with Crippen LogP contribution in [0.25, 0.3) is 0 Å². The third-order valence-electron chi connectivity index (χ3n) is 3.59. The lowest BCUT2D eigenvalue weighted by atomic mass is 10.1. The number of anilines is 2. The number of benzene rings is 2. The number of aromatic hydroxyl groups is 1. The van der Waals surface area contributed by atoms with Crippen molar-refractivity contribution in [3.8, 4) is 5.75 Å². The van der Waals surface area contributed by atoms with Crippen LogP contribution in [-0.4, -0.2) is 25.2 Å². The van der Waals surface area contributed by atoms with Crippen LogP contribution in [0.3, 0.4) is 0 Å². The van der Waals surface area contributed by atoms with E-state index in [0.717, 1.165) is 12.8 Å². The van der Waals surface area contributed by atoms with Crippen LogP contribution in [-0.2, 0) is 6.42 Å². The number of hydrogen-bond acceptors (Lipinski definition) is 3. The zero-order valence-corrected chi connectivity index (χ0v) is 13.0. The Morgan fingerprint density at radius 3 is 2.38 bits per heavy atom. The van der Waals surface area contributed by atoms with Crippen LogP contribution in [0.15, 0.2) is 48.5 Å². The number of nitrogens with zero attached hydrogens (tertiary/aromatic N) is 1. The van der Waals surface area contributed by atoms with E-state index in [1.807, 2.05) is 12.1 Å². The molecule has 0 bridgehead atoms. The molecule has 0 aromatic heterocycles. The van der Waals surface area contributed by atoms with E-state index in [1.54, 1.807) is 12.1 Å². The molecule has 0 radical (unpaired) electrons. The first-order valence-corrected chi connectivity index (χ1v) is 7.37. The number of nitrogens with one attached hydrogen (secondary N) is 1. The fraction of sp³-hybridized carbons (Fsp3) is 0.333. The van der Waals surface area contributed by atoms with Gasteiger partial charge >= 0.3 is 0 Å². The molecule has 1 atom stereocenters. The van der Waals surface area contributed by atoms with Gasteiger partial charge in [0.1, 0.15) is 5.75 Å². The molecule has 0 saturated carbocycles. The van der Waals surface area contributed by atoms with Crippen molar-refractivity contribution in [1.82, 2.24) is 0 Å². The lowest BCUT2D eigenvalue weighted by Gasteiger charge is -2.22. The number of hydrogen-bond donors (Lipinski definition) is 2. The summed E-state index contributed by atoms with van der Waals surface area (Å²) in [4.78, 5) is 2.12. The topological polar surface area (TPSA) is 35.5 Å². The minimum Gasteiger partial charge on any atom is -0.508 e. The van der Waals surface area contributed by atoms with Gasteiger partial charge in [0.15, 0.2) is 0 Å². The molecule has 3 heteroatoms. The van der Waals surface area contributed by atoms with Crippen molar-refractivity contribution in [2.45, 2.75) is 25.8 Å². The van der Waals surface area contributed by atoms with Crippen molar-refractivity contribution in [1.29, 1.82) is 0 Å². The average molecular weight is 284 g/mol. The molecule has 2 N–H and O–H groups in total. The van der Waals surface area contributed by atoms with Crippen LogP contribution in [0.2, 0.25) is 0 Å². The molecule has 2 rings (SSSR count). The third-order valence-corrected chi connectivity index (χ3v) is 3.59. The zero-order valence-electron chi connectivity index (χ0n) is 13.0. The normalized spacial score (nSPS) is 12.0. The molecule has 0 saturated heterocycles. The SMILES string of the molecule is CC(CCc1ccc(O)cc1)Nc1ccccc1N(C)C. The van der Waals surface area contributed by atoms with Crippen LogP contribution in [0.5, 0.6) is 5.75 Å². The molecule has 0 fully saturated rings. The van der Waals surface area contributed by atoms with Crippen molar-refractivity contribution in [2.75, 3.05) is 24.3 Å². The van der Waals surface area contributed by atoms with Gasteiger partial charge in [-0.15, -0.1) is 0 Å². The molecule has 1 unspecified atom stereocenters. The van der Waals surface area contributed by atoms with Gasteiger partial charge in [0.25, 0.3) is 0 Å². The largest absolute Gasteiger partial charge is 0.508 e. The first kappa shape index (κ1) is 15.2. The predicted molar refractivity (Wildman–Crippen MR) is 90.3 cm³/mol. The first-order valence-electron chi connectivity index (χ1n) is 7.37. The maximum atomic E-state index is 9.29. The van der Waals surface area contributed by atoms with Gasteiger partial charge < -0.3 is 15.3 Å². The van der Waals surface area contributed by atoms with Crippen molar-refractivity contribution in [3.63, 3.8) is 0 Å². The van der Waals surface area contributed by atoms with E-state index in [-0.39, 0.29) is 0 Å². The first-order chi connectivity index (χ1) is 10.1. The molecule has 2 aromatic carbocycles. The predicted octanol–water partition coefficient (Wildman–Crippen LogP) is 3.89. The molecular weight excluding hydrogens is 260 g/mol. The van der Waals surface area contributed by atoms with Gasteiger partial charge in [0, 0.05) is 20.1 Å². The van der Waals surface area contributed by atoms with Crippen LogP contribution in [0.4, 0.5) is 11.4 Å². The summed E-state index contributed by atoms with van der Waals surface area (Å²) in [5, 5.41) is 12.9. The van der Waals surface area contributed by atoms with Crippen molar-refractivity contribution in [2.24, 2.45) is 0 Å². The van der Waals surface area contributed by atoms with Gasteiger partial charge in [-0.1, -0.05) is 24.3 Å². The van der Waals surface area contributed by atoms with E-state index < -0.39 is 0 Å². The standard InChI is InChI=1S/C18H24N2O/c1-14(8-9-15-10-12-16(21)13-11-15)19-17-6-4-5-7-18(17)20(2)3/h4-7,10-14,19,21H,8-9H2,1-3H3. The van der Waals surface area contributed by atoms with E-state index in [4.69, 9.17) is 0 Å². The molecule has 2 aromatic rings. The molecule has 21 heavy (non-hydrogen) atoms. The summed E-state index contributed by atoms with van der Waals surface area (Å²) in [7, 11) is 4.11. The van der Waals surface area contributed by atoms with E-state index in [1.165, 1.54) is 16.9 Å². The lowest BCUT2D eigenvalue weighted by molar-refractivity contribution is 0.475. The van der Waals surface area contributed by atoms with Gasteiger partial charge in [0.05, 0.1) is 11.4 Å². The molecule has 0 spiro atoms. The maximum absolute atomic E-state index is 9.29. The second kappa shape index (κ2) is 7.02. The lowest BCUT2D eigenvalue weighted by Crippen LogP contribution is -2.19. The Morgan fingerprint density at radius 1 is 1.05 bits per heavy atom. The highest BCUT2D eigenvalue weighted by atomic mass is 16.3. The van der Waals surface area contributed by atoms with E-state index in [2.05, 4.69) is 55.5 Å². The second-order valence-corrected chi connectivity index (χ2v) is 5.66. The quantitative estimate of drug-likeness (QED) is 0.844. The smallest absolute Gasteiger partial charge is 0.115 e. The summed E-state index contributed by atoms with van der Waals surface area (Å²) in [5.74, 6) is 0.324. The maximum Gasteiger partial charge on any atom is 0.115 e. The Kier molecular flexibility index (Phi) is 5.09. The van der Waals surface area contributed by atoms with Crippen LogP contribution in [0, 0.1) is 0 Å². The van der Waals surface area contributed by atoms with Gasteiger partial charge in [-0.2, -0.15) is 0 Å². The second-order valence-electron chi connectivity index (χ2n) is 5.66. The Labute approximate surface area is 127 Å². The van der Waals surface area contributed by atoms with Crippen molar-refractivity contribution < 1.29 is 5.11 Å². The van der Waals surface area contributed by atoms with Crippen molar-refractivity contribution >= 4 is 11.4 Å². The number of aryl methyl sites for hydroxylation is 1. The van der Waals surface area contributed by atoms with Gasteiger partial charge in [-0.3, -0.25) is 0 Å². The van der Waals surface area contributed by atoms with Crippen LogP contribution < -0.4 is 10.2 Å². The highest BCUT2D eigenvalue weighted by Crippen LogP contribution is 2.24. The average Bonchev–Trinajstić information content (AvgIpc) is 2.47. The summed E-state index contributed by atoms with van der Waals surface area (Å²) in [6.07, 6.45) is 2.05. The summed E-state index contributed by atoms with van der Waals surface area (Å²) in [5.41, 5.74) is 3.62. The molecule has 0 aliphatic rings. The minimum atomic E-state index is 0.324. The van der Waals surface area contributed by atoms with E-state index in [0.29, 0.717) is 11.8 Å². The number of phenolic OH excluding ortho intramolecular Hbond substituents is 1. The Morgan fingerprint density at radius 2 is 1.71 bits per heavy atom. The number of rotatable bonds is 6. The summed E-state index contributed by atoms with van der Waals surface area (Å²) >= 11 is 0. The molecule has 0 aliphatic heterocycles. The summed E-state index contributed by atoms with van der Waals surface area (Å²) in [6.45, 7) is 2.20. The number of phenols is 1. The highest BCUT2D eigenvalue weighted by molar-refractivity contribution is 5.69. The van der Waals surface area contributed by atoms with Crippen LogP contribution in [0.1, 0.15) is 18.9 Å². The summed E-state index contributed by atoms with van der Waals surface area (Å²) in [6, 6.07) is 16.2. The fourth-order valence-corrected chi connectivity index (χ4v) is 2.37. The molecule has 0 amide bonds. The fourth-order valence-electron chi connectivity index (χ4n) is 2.37. The summed E-state index contributed by atoms with van der Waals surface area (Å²) < 4.78 is 0. The number of para-hydroxylation sites is 2. The van der Waals surface area contributed by atoms with Gasteiger partial charge in [0.2, 0.25) is 0 Å².